The molecule has 6 heteroatoms. The molecule has 2 heterocycles. The molecule has 1 amide bonds. The second-order valence-electron chi connectivity index (χ2n) is 7.77. The predicted octanol–water partition coefficient (Wildman–Crippen LogP) is 1.88. The number of hydrogen-bond acceptors (Lipinski definition) is 5. The molecule has 27 heavy (non-hydrogen) atoms. The molecule has 0 spiro atoms. The van der Waals surface area contributed by atoms with E-state index in [-0.39, 0.29) is 11.3 Å². The molecule has 0 unspecified atom stereocenters. The summed E-state index contributed by atoms with van der Waals surface area (Å²) in [5.41, 5.74) is 0.714. The summed E-state index contributed by atoms with van der Waals surface area (Å²) in [5.74, 6) is 0.962. The molecule has 0 radical (unpaired) electrons. The third-order valence-electron chi connectivity index (χ3n) is 6.20. The van der Waals surface area contributed by atoms with Crippen molar-refractivity contribution in [1.82, 2.24) is 10.6 Å². The van der Waals surface area contributed by atoms with Crippen LogP contribution in [0.1, 0.15) is 31.2 Å². The van der Waals surface area contributed by atoms with Gasteiger partial charge >= 0.3 is 0 Å². The van der Waals surface area contributed by atoms with Crippen LogP contribution in [0.25, 0.3) is 0 Å². The lowest BCUT2D eigenvalue weighted by Crippen LogP contribution is -2.53. The lowest BCUT2D eigenvalue weighted by atomic mass is 9.73. The van der Waals surface area contributed by atoms with E-state index in [2.05, 4.69) is 22.8 Å². The topological polar surface area (TPSA) is 68.8 Å². The third kappa shape index (κ3) is 4.45. The molecule has 2 fully saturated rings. The standard InChI is InChI=1S/C21H32N2O4/c1-25-16-21(7-11-22-12-8-21)19(24)23-15-20(9-13-27-14-10-20)17-3-5-18(26-2)6-4-17/h3-6,22H,7-16H2,1-2H3,(H,23,24). The van der Waals surface area contributed by atoms with Crippen molar-refractivity contribution in [3.63, 3.8) is 0 Å². The highest BCUT2D eigenvalue weighted by molar-refractivity contribution is 5.83. The molecule has 150 valence electrons. The van der Waals surface area contributed by atoms with Crippen LogP contribution >= 0.6 is 0 Å². The van der Waals surface area contributed by atoms with Crippen molar-refractivity contribution in [3.8, 4) is 5.75 Å². The van der Waals surface area contributed by atoms with Crippen LogP contribution in [0.4, 0.5) is 0 Å². The Labute approximate surface area is 161 Å². The molecule has 0 aromatic heterocycles. The molecule has 1 aromatic carbocycles. The van der Waals surface area contributed by atoms with Crippen LogP contribution in [0.15, 0.2) is 24.3 Å². The Hall–Kier alpha value is -1.63. The lowest BCUT2D eigenvalue weighted by Gasteiger charge is -2.40. The molecule has 3 rings (SSSR count). The Kier molecular flexibility index (Phi) is 6.73. The van der Waals surface area contributed by atoms with E-state index in [4.69, 9.17) is 14.2 Å². The SMILES string of the molecule is COCC1(C(=O)NCC2(c3ccc(OC)cc3)CCOCC2)CCNCC1. The van der Waals surface area contributed by atoms with Gasteiger partial charge < -0.3 is 24.8 Å². The van der Waals surface area contributed by atoms with Gasteiger partial charge in [-0.25, -0.2) is 0 Å². The highest BCUT2D eigenvalue weighted by Gasteiger charge is 2.41. The molecule has 2 N–H and O–H groups in total. The van der Waals surface area contributed by atoms with Crippen LogP contribution < -0.4 is 15.4 Å². The van der Waals surface area contributed by atoms with Crippen molar-refractivity contribution < 1.29 is 19.0 Å². The Balaban J connectivity index is 1.75. The fraction of sp³-hybridized carbons (Fsp3) is 0.667. The average molecular weight is 376 g/mol. The van der Waals surface area contributed by atoms with Gasteiger partial charge in [0.15, 0.2) is 0 Å². The van der Waals surface area contributed by atoms with Crippen LogP contribution in [0.5, 0.6) is 5.75 Å². The van der Waals surface area contributed by atoms with Crippen LogP contribution in [-0.4, -0.2) is 59.6 Å². The number of rotatable bonds is 7. The number of ether oxygens (including phenoxy) is 3. The van der Waals surface area contributed by atoms with E-state index in [9.17, 15) is 4.79 Å². The fourth-order valence-electron chi connectivity index (χ4n) is 4.33. The van der Waals surface area contributed by atoms with Gasteiger partial charge in [-0.1, -0.05) is 12.1 Å². The normalized spacial score (nSPS) is 21.4. The summed E-state index contributed by atoms with van der Waals surface area (Å²) in [6.07, 6.45) is 3.42. The maximum atomic E-state index is 13.2. The van der Waals surface area contributed by atoms with Gasteiger partial charge in [-0.3, -0.25) is 4.79 Å². The minimum atomic E-state index is -0.424. The monoisotopic (exact) mass is 376 g/mol. The minimum Gasteiger partial charge on any atom is -0.497 e. The quantitative estimate of drug-likeness (QED) is 0.760. The molecule has 6 nitrogen and oxygen atoms in total. The van der Waals surface area contributed by atoms with Crippen LogP contribution in [0.2, 0.25) is 0 Å². The van der Waals surface area contributed by atoms with Gasteiger partial charge in [-0.2, -0.15) is 0 Å². The molecule has 2 aliphatic heterocycles. The minimum absolute atomic E-state index is 0.0959. The second-order valence-corrected chi connectivity index (χ2v) is 7.77. The Bertz CT molecular complexity index is 600. The summed E-state index contributed by atoms with van der Waals surface area (Å²) in [5, 5.41) is 6.62. The maximum absolute atomic E-state index is 13.2. The molecule has 0 atom stereocenters. The van der Waals surface area contributed by atoms with Gasteiger partial charge in [0, 0.05) is 32.3 Å². The number of benzene rings is 1. The molecule has 1 aromatic rings. The number of carbonyl (C=O) groups excluding carboxylic acids is 1. The lowest BCUT2D eigenvalue weighted by molar-refractivity contribution is -0.136. The number of piperidine rings is 1. The predicted molar refractivity (Wildman–Crippen MR) is 104 cm³/mol. The number of hydrogen-bond donors (Lipinski definition) is 2. The molecule has 0 saturated carbocycles. The van der Waals surface area contributed by atoms with Crippen LogP contribution in [0.3, 0.4) is 0 Å². The van der Waals surface area contributed by atoms with Crippen molar-refractivity contribution in [2.24, 2.45) is 5.41 Å². The van der Waals surface area contributed by atoms with Crippen molar-refractivity contribution in [2.75, 3.05) is 53.7 Å². The first-order valence-electron chi connectivity index (χ1n) is 9.84. The Morgan fingerprint density at radius 2 is 1.78 bits per heavy atom. The number of methoxy groups -OCH3 is 2. The Morgan fingerprint density at radius 3 is 2.37 bits per heavy atom. The van der Waals surface area contributed by atoms with Gasteiger partial charge in [-0.05, 0) is 56.5 Å². The average Bonchev–Trinajstić information content (AvgIpc) is 2.73. The summed E-state index contributed by atoms with van der Waals surface area (Å²) >= 11 is 0. The second kappa shape index (κ2) is 9.04. The van der Waals surface area contributed by atoms with E-state index in [1.165, 1.54) is 5.56 Å². The van der Waals surface area contributed by atoms with E-state index < -0.39 is 5.41 Å². The third-order valence-corrected chi connectivity index (χ3v) is 6.20. The summed E-state index contributed by atoms with van der Waals surface area (Å²) in [7, 11) is 3.35. The summed E-state index contributed by atoms with van der Waals surface area (Å²) in [4.78, 5) is 13.2. The number of amides is 1. The largest absolute Gasteiger partial charge is 0.497 e. The molecule has 0 aliphatic carbocycles. The van der Waals surface area contributed by atoms with Crippen LogP contribution in [0, 0.1) is 5.41 Å². The first-order chi connectivity index (χ1) is 13.1. The van der Waals surface area contributed by atoms with Crippen LogP contribution in [-0.2, 0) is 19.7 Å². The zero-order chi connectivity index (χ0) is 19.2. The van der Waals surface area contributed by atoms with Crippen molar-refractivity contribution >= 4 is 5.91 Å². The summed E-state index contributed by atoms with van der Waals surface area (Å²) in [6, 6.07) is 8.22. The molecular formula is C21H32N2O4. The fourth-order valence-corrected chi connectivity index (χ4v) is 4.33. The van der Waals surface area contributed by atoms with E-state index in [0.29, 0.717) is 13.2 Å². The number of nitrogens with one attached hydrogen (secondary N) is 2. The van der Waals surface area contributed by atoms with E-state index in [1.54, 1.807) is 14.2 Å². The number of carbonyl (C=O) groups is 1. The zero-order valence-electron chi connectivity index (χ0n) is 16.5. The van der Waals surface area contributed by atoms with Gasteiger partial charge in [0.05, 0.1) is 19.1 Å². The summed E-state index contributed by atoms with van der Waals surface area (Å²) in [6.45, 7) is 4.24. The first-order valence-corrected chi connectivity index (χ1v) is 9.84. The molecule has 0 bridgehead atoms. The van der Waals surface area contributed by atoms with E-state index >= 15 is 0 Å². The molecular weight excluding hydrogens is 344 g/mol. The Morgan fingerprint density at radius 1 is 1.11 bits per heavy atom. The first kappa shape index (κ1) is 20.1. The van der Waals surface area contributed by atoms with Gasteiger partial charge in [-0.15, -0.1) is 0 Å². The van der Waals surface area contributed by atoms with E-state index in [1.807, 2.05) is 12.1 Å². The van der Waals surface area contributed by atoms with Gasteiger partial charge in [0.25, 0.3) is 0 Å². The van der Waals surface area contributed by atoms with Gasteiger partial charge in [0.1, 0.15) is 5.75 Å². The van der Waals surface area contributed by atoms with Gasteiger partial charge in [0.2, 0.25) is 5.91 Å². The highest BCUT2D eigenvalue weighted by Crippen LogP contribution is 2.36. The molecule has 2 saturated heterocycles. The zero-order valence-corrected chi connectivity index (χ0v) is 16.5. The van der Waals surface area contributed by atoms with Crippen molar-refractivity contribution in [2.45, 2.75) is 31.1 Å². The van der Waals surface area contributed by atoms with Crippen molar-refractivity contribution in [3.05, 3.63) is 29.8 Å². The smallest absolute Gasteiger partial charge is 0.228 e. The molecule has 2 aliphatic rings. The van der Waals surface area contributed by atoms with Crippen molar-refractivity contribution in [1.29, 1.82) is 0 Å². The summed E-state index contributed by atoms with van der Waals surface area (Å²) < 4.78 is 16.3. The maximum Gasteiger partial charge on any atom is 0.228 e. The highest BCUT2D eigenvalue weighted by atomic mass is 16.5. The van der Waals surface area contributed by atoms with E-state index in [0.717, 1.165) is 57.7 Å².